The van der Waals surface area contributed by atoms with Crippen molar-refractivity contribution in [2.75, 3.05) is 13.1 Å². The molecule has 1 saturated heterocycles. The van der Waals surface area contributed by atoms with Crippen molar-refractivity contribution in [2.45, 2.75) is 12.2 Å². The number of rotatable bonds is 1. The quantitative estimate of drug-likeness (QED) is 0.844. The molecule has 2 fully saturated rings. The van der Waals surface area contributed by atoms with Gasteiger partial charge in [-0.05, 0) is 36.1 Å². The summed E-state index contributed by atoms with van der Waals surface area (Å²) in [5, 5.41) is 0. The highest BCUT2D eigenvalue weighted by Crippen LogP contribution is 2.44. The van der Waals surface area contributed by atoms with E-state index in [0.717, 1.165) is 12.1 Å². The standard InChI is InChI=1S/C13H13F3N2O/c14-13(15,16)8-3-1-7(2-4-8)12(19)18-5-9-10(6-18)11(9)17/h1-4,9-11H,5-6,17H2. The van der Waals surface area contributed by atoms with Crippen molar-refractivity contribution < 1.29 is 18.0 Å². The Morgan fingerprint density at radius 3 is 2.16 bits per heavy atom. The molecule has 1 amide bonds. The average molecular weight is 270 g/mol. The molecule has 1 aromatic carbocycles. The minimum Gasteiger partial charge on any atom is -0.338 e. The average Bonchev–Trinajstić information content (AvgIpc) is 2.79. The van der Waals surface area contributed by atoms with Crippen molar-refractivity contribution >= 4 is 5.91 Å². The largest absolute Gasteiger partial charge is 0.416 e. The van der Waals surface area contributed by atoms with E-state index in [9.17, 15) is 18.0 Å². The number of piperidine rings is 1. The number of likely N-dealkylation sites (tertiary alicyclic amines) is 1. The van der Waals surface area contributed by atoms with Gasteiger partial charge in [0.05, 0.1) is 5.56 Å². The molecule has 1 aliphatic carbocycles. The lowest BCUT2D eigenvalue weighted by molar-refractivity contribution is -0.137. The molecule has 1 aliphatic heterocycles. The summed E-state index contributed by atoms with van der Waals surface area (Å²) in [5.74, 6) is 0.532. The highest BCUT2D eigenvalue weighted by molar-refractivity contribution is 5.94. The Kier molecular flexibility index (Phi) is 2.60. The zero-order valence-corrected chi connectivity index (χ0v) is 10.0. The summed E-state index contributed by atoms with van der Waals surface area (Å²) in [6, 6.07) is 4.53. The number of carbonyl (C=O) groups excluding carboxylic acids is 1. The maximum Gasteiger partial charge on any atom is 0.416 e. The molecular formula is C13H13F3N2O. The zero-order valence-electron chi connectivity index (χ0n) is 10.0. The number of nitrogens with zero attached hydrogens (tertiary/aromatic N) is 1. The zero-order chi connectivity index (χ0) is 13.8. The van der Waals surface area contributed by atoms with Crippen LogP contribution in [0.25, 0.3) is 0 Å². The maximum atomic E-state index is 12.4. The number of carbonyl (C=O) groups is 1. The van der Waals surface area contributed by atoms with E-state index >= 15 is 0 Å². The molecular weight excluding hydrogens is 257 g/mol. The number of hydrogen-bond acceptors (Lipinski definition) is 2. The van der Waals surface area contributed by atoms with Crippen LogP contribution in [0, 0.1) is 11.8 Å². The van der Waals surface area contributed by atoms with Gasteiger partial charge in [0.15, 0.2) is 0 Å². The van der Waals surface area contributed by atoms with Crippen molar-refractivity contribution in [2.24, 2.45) is 17.6 Å². The summed E-state index contributed by atoms with van der Waals surface area (Å²) >= 11 is 0. The topological polar surface area (TPSA) is 46.3 Å². The van der Waals surface area contributed by atoms with Crippen LogP contribution in [-0.2, 0) is 6.18 Å². The molecule has 2 atom stereocenters. The summed E-state index contributed by atoms with van der Waals surface area (Å²) in [5.41, 5.74) is 5.33. The van der Waals surface area contributed by atoms with E-state index in [1.807, 2.05) is 0 Å². The third-order valence-corrected chi connectivity index (χ3v) is 4.01. The lowest BCUT2D eigenvalue weighted by atomic mass is 10.1. The van der Waals surface area contributed by atoms with E-state index in [4.69, 9.17) is 5.73 Å². The molecule has 1 heterocycles. The van der Waals surface area contributed by atoms with Gasteiger partial charge in [-0.1, -0.05) is 0 Å². The number of amides is 1. The van der Waals surface area contributed by atoms with Crippen LogP contribution in [0.15, 0.2) is 24.3 Å². The molecule has 0 bridgehead atoms. The monoisotopic (exact) mass is 270 g/mol. The predicted octanol–water partition coefficient (Wildman–Crippen LogP) is 1.73. The molecule has 2 unspecified atom stereocenters. The van der Waals surface area contributed by atoms with Crippen LogP contribution in [0.3, 0.4) is 0 Å². The molecule has 0 radical (unpaired) electrons. The Bertz CT molecular complexity index is 500. The summed E-state index contributed by atoms with van der Waals surface area (Å²) in [6.07, 6.45) is -4.37. The van der Waals surface area contributed by atoms with Gasteiger partial charge in [0.2, 0.25) is 0 Å². The fraction of sp³-hybridized carbons (Fsp3) is 0.462. The fourth-order valence-corrected chi connectivity index (χ4v) is 2.72. The van der Waals surface area contributed by atoms with E-state index < -0.39 is 11.7 Å². The van der Waals surface area contributed by atoms with Gasteiger partial charge in [-0.15, -0.1) is 0 Å². The summed E-state index contributed by atoms with van der Waals surface area (Å²) in [4.78, 5) is 13.8. The van der Waals surface area contributed by atoms with Gasteiger partial charge in [-0.25, -0.2) is 0 Å². The Hall–Kier alpha value is -1.56. The van der Waals surface area contributed by atoms with Gasteiger partial charge in [-0.3, -0.25) is 4.79 Å². The Morgan fingerprint density at radius 1 is 1.16 bits per heavy atom. The molecule has 3 nitrogen and oxygen atoms in total. The van der Waals surface area contributed by atoms with Crippen molar-refractivity contribution in [3.8, 4) is 0 Å². The molecule has 19 heavy (non-hydrogen) atoms. The molecule has 1 aromatic rings. The number of hydrogen-bond donors (Lipinski definition) is 1. The summed E-state index contributed by atoms with van der Waals surface area (Å²) < 4.78 is 37.2. The molecule has 3 rings (SSSR count). The Morgan fingerprint density at radius 2 is 1.68 bits per heavy atom. The summed E-state index contributed by atoms with van der Waals surface area (Å²) in [6.45, 7) is 1.23. The third kappa shape index (κ3) is 2.10. The second kappa shape index (κ2) is 3.96. The van der Waals surface area contributed by atoms with Crippen LogP contribution in [-0.4, -0.2) is 29.9 Å². The van der Waals surface area contributed by atoms with Gasteiger partial charge in [-0.2, -0.15) is 13.2 Å². The van der Waals surface area contributed by atoms with Crippen molar-refractivity contribution in [1.29, 1.82) is 0 Å². The molecule has 2 N–H and O–H groups in total. The van der Waals surface area contributed by atoms with Crippen LogP contribution in [0.5, 0.6) is 0 Å². The normalized spacial score (nSPS) is 29.3. The molecule has 1 saturated carbocycles. The first-order chi connectivity index (χ1) is 8.88. The van der Waals surface area contributed by atoms with E-state index in [1.54, 1.807) is 4.90 Å². The van der Waals surface area contributed by atoms with Crippen LogP contribution in [0.1, 0.15) is 15.9 Å². The highest BCUT2D eigenvalue weighted by atomic mass is 19.4. The predicted molar refractivity (Wildman–Crippen MR) is 62.3 cm³/mol. The first-order valence-corrected chi connectivity index (χ1v) is 6.10. The molecule has 0 aromatic heterocycles. The SMILES string of the molecule is NC1C2CN(C(=O)c3ccc(C(F)(F)F)cc3)CC12. The van der Waals surface area contributed by atoms with Crippen LogP contribution < -0.4 is 5.73 Å². The molecule has 2 aliphatic rings. The number of alkyl halides is 3. The smallest absolute Gasteiger partial charge is 0.338 e. The van der Waals surface area contributed by atoms with E-state index in [1.165, 1.54) is 12.1 Å². The number of halogens is 3. The molecule has 6 heteroatoms. The van der Waals surface area contributed by atoms with Crippen LogP contribution >= 0.6 is 0 Å². The second-order valence-electron chi connectivity index (χ2n) is 5.19. The van der Waals surface area contributed by atoms with E-state index in [0.29, 0.717) is 30.5 Å². The van der Waals surface area contributed by atoms with Gasteiger partial charge < -0.3 is 10.6 Å². The number of benzene rings is 1. The van der Waals surface area contributed by atoms with Crippen LogP contribution in [0.4, 0.5) is 13.2 Å². The molecule has 0 spiro atoms. The lowest BCUT2D eigenvalue weighted by Gasteiger charge is -2.19. The summed E-state index contributed by atoms with van der Waals surface area (Å²) in [7, 11) is 0. The van der Waals surface area contributed by atoms with E-state index in [-0.39, 0.29) is 11.9 Å². The first kappa shape index (κ1) is 12.5. The van der Waals surface area contributed by atoms with Gasteiger partial charge in [0.25, 0.3) is 5.91 Å². The number of nitrogens with two attached hydrogens (primary N) is 1. The highest BCUT2D eigenvalue weighted by Gasteiger charge is 2.54. The number of fused-ring (bicyclic) bond motifs is 1. The Labute approximate surface area is 108 Å². The maximum absolute atomic E-state index is 12.4. The Balaban J connectivity index is 1.71. The van der Waals surface area contributed by atoms with Crippen molar-refractivity contribution in [1.82, 2.24) is 4.90 Å². The van der Waals surface area contributed by atoms with Gasteiger partial charge >= 0.3 is 6.18 Å². The van der Waals surface area contributed by atoms with E-state index in [2.05, 4.69) is 0 Å². The van der Waals surface area contributed by atoms with Crippen molar-refractivity contribution in [3.05, 3.63) is 35.4 Å². The first-order valence-electron chi connectivity index (χ1n) is 6.10. The molecule has 102 valence electrons. The minimum absolute atomic E-state index is 0.191. The lowest BCUT2D eigenvalue weighted by Crippen LogP contribution is -2.33. The van der Waals surface area contributed by atoms with Crippen molar-refractivity contribution in [3.63, 3.8) is 0 Å². The third-order valence-electron chi connectivity index (χ3n) is 4.01. The van der Waals surface area contributed by atoms with Crippen LogP contribution in [0.2, 0.25) is 0 Å². The van der Waals surface area contributed by atoms with Gasteiger partial charge in [0.1, 0.15) is 0 Å². The van der Waals surface area contributed by atoms with Gasteiger partial charge in [0, 0.05) is 24.7 Å². The fourth-order valence-electron chi connectivity index (χ4n) is 2.72. The minimum atomic E-state index is -4.37. The second-order valence-corrected chi connectivity index (χ2v) is 5.19.